The Kier molecular flexibility index (Phi) is 5.38. The van der Waals surface area contributed by atoms with Crippen LogP contribution in [-0.4, -0.2) is 25.1 Å². The fourth-order valence-electron chi connectivity index (χ4n) is 2.78. The molecule has 6 heteroatoms. The number of benzene rings is 1. The lowest BCUT2D eigenvalue weighted by atomic mass is 10.2. The Bertz CT molecular complexity index is 745. The van der Waals surface area contributed by atoms with E-state index in [0.29, 0.717) is 11.4 Å². The molecule has 0 spiro atoms. The van der Waals surface area contributed by atoms with E-state index in [1.165, 1.54) is 21.8 Å². The van der Waals surface area contributed by atoms with Gasteiger partial charge in [0.05, 0.1) is 7.11 Å². The van der Waals surface area contributed by atoms with Crippen molar-refractivity contribution in [3.05, 3.63) is 51.2 Å². The number of ether oxygens (including phenoxy) is 2. The van der Waals surface area contributed by atoms with E-state index >= 15 is 0 Å². The summed E-state index contributed by atoms with van der Waals surface area (Å²) < 4.78 is 10.4. The molecule has 1 aliphatic carbocycles. The van der Waals surface area contributed by atoms with Gasteiger partial charge in [0.1, 0.15) is 10.6 Å². The van der Waals surface area contributed by atoms with Crippen molar-refractivity contribution in [1.82, 2.24) is 5.32 Å². The predicted octanol–water partition coefficient (Wildman–Crippen LogP) is 3.11. The van der Waals surface area contributed by atoms with Gasteiger partial charge in [-0.05, 0) is 55.5 Å². The second kappa shape index (κ2) is 7.70. The number of aryl methyl sites for hydroxylation is 2. The van der Waals surface area contributed by atoms with E-state index in [0.717, 1.165) is 30.6 Å². The minimum absolute atomic E-state index is 0.312. The lowest BCUT2D eigenvalue weighted by Crippen LogP contribution is -2.35. The average molecular weight is 359 g/mol. The van der Waals surface area contributed by atoms with E-state index in [1.54, 1.807) is 14.0 Å². The van der Waals surface area contributed by atoms with Gasteiger partial charge in [0.2, 0.25) is 0 Å². The van der Waals surface area contributed by atoms with Crippen LogP contribution in [0, 0.1) is 0 Å². The Balaban J connectivity index is 1.50. The largest absolute Gasteiger partial charge is 0.497 e. The average Bonchev–Trinajstić information content (AvgIpc) is 3.22. The first-order chi connectivity index (χ1) is 12.1. The zero-order valence-electron chi connectivity index (χ0n) is 14.3. The smallest absolute Gasteiger partial charge is 0.349 e. The fourth-order valence-corrected chi connectivity index (χ4v) is 3.91. The fraction of sp³-hybridized carbons (Fsp3) is 0.368. The Morgan fingerprint density at radius 1 is 1.24 bits per heavy atom. The van der Waals surface area contributed by atoms with E-state index in [-0.39, 0.29) is 5.91 Å². The molecule has 0 radical (unpaired) electrons. The molecule has 1 aromatic heterocycles. The molecule has 5 nitrogen and oxygen atoms in total. The van der Waals surface area contributed by atoms with Crippen molar-refractivity contribution >= 4 is 23.2 Å². The van der Waals surface area contributed by atoms with Gasteiger partial charge in [0.25, 0.3) is 5.91 Å². The van der Waals surface area contributed by atoms with Crippen molar-refractivity contribution in [2.45, 2.75) is 38.8 Å². The zero-order valence-corrected chi connectivity index (χ0v) is 15.2. The van der Waals surface area contributed by atoms with Crippen LogP contribution in [0.2, 0.25) is 0 Å². The minimum atomic E-state index is -0.831. The Morgan fingerprint density at radius 3 is 2.68 bits per heavy atom. The number of thiophene rings is 1. The highest BCUT2D eigenvalue weighted by atomic mass is 32.1. The summed E-state index contributed by atoms with van der Waals surface area (Å²) in [6, 6.07) is 9.32. The quantitative estimate of drug-likeness (QED) is 0.805. The summed E-state index contributed by atoms with van der Waals surface area (Å²) in [5, 5.41) is 2.78. The molecule has 132 valence electrons. The molecule has 0 fully saturated rings. The second-order valence-electron chi connectivity index (χ2n) is 6.03. The molecule has 0 unspecified atom stereocenters. The number of amides is 1. The number of methoxy groups -OCH3 is 1. The first kappa shape index (κ1) is 17.5. The monoisotopic (exact) mass is 359 g/mol. The molecule has 0 saturated heterocycles. The number of carbonyl (C=O) groups excluding carboxylic acids is 2. The zero-order chi connectivity index (χ0) is 17.8. The normalized spacial score (nSPS) is 13.8. The number of esters is 1. The van der Waals surface area contributed by atoms with Gasteiger partial charge in [0.15, 0.2) is 6.10 Å². The SMILES string of the molecule is COc1ccc(CNC(=O)[C@H](C)OC(=O)c2cc3c(s2)CCC3)cc1. The van der Waals surface area contributed by atoms with E-state index in [4.69, 9.17) is 9.47 Å². The lowest BCUT2D eigenvalue weighted by Gasteiger charge is -2.13. The van der Waals surface area contributed by atoms with E-state index in [1.807, 2.05) is 30.3 Å². The Labute approximate surface area is 151 Å². The van der Waals surface area contributed by atoms with Crippen molar-refractivity contribution < 1.29 is 19.1 Å². The molecule has 0 bridgehead atoms. The number of rotatable bonds is 6. The first-order valence-electron chi connectivity index (χ1n) is 8.30. The van der Waals surface area contributed by atoms with Crippen molar-refractivity contribution in [1.29, 1.82) is 0 Å². The van der Waals surface area contributed by atoms with Crippen molar-refractivity contribution in [3.8, 4) is 5.75 Å². The summed E-state index contributed by atoms with van der Waals surface area (Å²) in [5.41, 5.74) is 2.19. The van der Waals surface area contributed by atoms with Gasteiger partial charge in [-0.25, -0.2) is 4.79 Å². The molecule has 1 aromatic carbocycles. The second-order valence-corrected chi connectivity index (χ2v) is 7.16. The topological polar surface area (TPSA) is 64.6 Å². The number of hydrogen-bond acceptors (Lipinski definition) is 5. The highest BCUT2D eigenvalue weighted by Crippen LogP contribution is 2.31. The van der Waals surface area contributed by atoms with Gasteiger partial charge in [-0.1, -0.05) is 12.1 Å². The van der Waals surface area contributed by atoms with Gasteiger partial charge < -0.3 is 14.8 Å². The molecule has 1 atom stereocenters. The van der Waals surface area contributed by atoms with E-state index in [9.17, 15) is 9.59 Å². The highest BCUT2D eigenvalue weighted by molar-refractivity contribution is 7.14. The summed E-state index contributed by atoms with van der Waals surface area (Å²) in [4.78, 5) is 26.2. The molecular formula is C19H21NO4S. The molecule has 1 amide bonds. The summed E-state index contributed by atoms with van der Waals surface area (Å²) in [6.45, 7) is 1.96. The Hall–Kier alpha value is -2.34. The van der Waals surface area contributed by atoms with Crippen molar-refractivity contribution in [3.63, 3.8) is 0 Å². The van der Waals surface area contributed by atoms with Crippen LogP contribution in [0.15, 0.2) is 30.3 Å². The van der Waals surface area contributed by atoms with Gasteiger partial charge in [-0.2, -0.15) is 0 Å². The third kappa shape index (κ3) is 4.20. The van der Waals surface area contributed by atoms with Crippen LogP contribution >= 0.6 is 11.3 Å². The van der Waals surface area contributed by atoms with Crippen LogP contribution in [0.3, 0.4) is 0 Å². The summed E-state index contributed by atoms with van der Waals surface area (Å²) in [6.07, 6.45) is 2.38. The molecule has 0 saturated carbocycles. The molecule has 1 N–H and O–H groups in total. The van der Waals surface area contributed by atoms with Crippen molar-refractivity contribution in [2.24, 2.45) is 0 Å². The van der Waals surface area contributed by atoms with Crippen LogP contribution in [0.5, 0.6) is 5.75 Å². The predicted molar refractivity (Wildman–Crippen MR) is 96.1 cm³/mol. The van der Waals surface area contributed by atoms with Crippen LogP contribution in [-0.2, 0) is 28.9 Å². The molecule has 1 heterocycles. The van der Waals surface area contributed by atoms with Crippen molar-refractivity contribution in [2.75, 3.05) is 7.11 Å². The summed E-state index contributed by atoms with van der Waals surface area (Å²) in [7, 11) is 1.61. The first-order valence-corrected chi connectivity index (χ1v) is 9.11. The Morgan fingerprint density at radius 2 is 2.00 bits per heavy atom. The molecule has 3 rings (SSSR count). The van der Waals surface area contributed by atoms with Gasteiger partial charge in [0, 0.05) is 11.4 Å². The van der Waals surface area contributed by atoms with Crippen LogP contribution < -0.4 is 10.1 Å². The van der Waals surface area contributed by atoms with Gasteiger partial charge in [-0.3, -0.25) is 4.79 Å². The molecular weight excluding hydrogens is 338 g/mol. The van der Waals surface area contributed by atoms with Crippen LogP contribution in [0.4, 0.5) is 0 Å². The lowest BCUT2D eigenvalue weighted by molar-refractivity contribution is -0.129. The minimum Gasteiger partial charge on any atom is -0.497 e. The summed E-state index contributed by atoms with van der Waals surface area (Å²) in [5.74, 6) is 0.0278. The molecule has 0 aliphatic heterocycles. The van der Waals surface area contributed by atoms with E-state index in [2.05, 4.69) is 5.32 Å². The van der Waals surface area contributed by atoms with Crippen LogP contribution in [0.25, 0.3) is 0 Å². The third-order valence-corrected chi connectivity index (χ3v) is 5.44. The van der Waals surface area contributed by atoms with E-state index < -0.39 is 12.1 Å². The third-order valence-electron chi connectivity index (χ3n) is 4.23. The molecule has 1 aliphatic rings. The number of carbonyl (C=O) groups is 2. The van der Waals surface area contributed by atoms with Gasteiger partial charge in [-0.15, -0.1) is 11.3 Å². The maximum absolute atomic E-state index is 12.2. The maximum Gasteiger partial charge on any atom is 0.349 e. The summed E-state index contributed by atoms with van der Waals surface area (Å²) >= 11 is 1.48. The standard InChI is InChI=1S/C19H21NO4S/c1-12(18(21)20-11-13-6-8-15(23-2)9-7-13)24-19(22)17-10-14-4-3-5-16(14)25-17/h6-10,12H,3-5,11H2,1-2H3,(H,20,21)/t12-/m0/s1. The van der Waals surface area contributed by atoms with Crippen LogP contribution in [0.1, 0.15) is 39.0 Å². The number of nitrogens with one attached hydrogen (secondary N) is 1. The number of fused-ring (bicyclic) bond motifs is 1. The molecule has 2 aromatic rings. The molecule has 25 heavy (non-hydrogen) atoms. The number of hydrogen-bond donors (Lipinski definition) is 1. The van der Waals surface area contributed by atoms with Gasteiger partial charge >= 0.3 is 5.97 Å². The maximum atomic E-state index is 12.2. The highest BCUT2D eigenvalue weighted by Gasteiger charge is 2.23.